The van der Waals surface area contributed by atoms with Crippen LogP contribution >= 0.6 is 0 Å². The van der Waals surface area contributed by atoms with Crippen LogP contribution in [0.4, 0.5) is 13.2 Å². The zero-order valence-corrected chi connectivity index (χ0v) is 21.5. The van der Waals surface area contributed by atoms with E-state index in [0.717, 1.165) is 23.1 Å². The molecule has 1 aliphatic carbocycles. The Bertz CT molecular complexity index is 1760. The van der Waals surface area contributed by atoms with Crippen molar-refractivity contribution >= 4 is 22.8 Å². The molecule has 206 valence electrons. The molecular formula is C31H23F3N4O3. The summed E-state index contributed by atoms with van der Waals surface area (Å²) in [7, 11) is 0. The summed E-state index contributed by atoms with van der Waals surface area (Å²) in [6.07, 6.45) is 1.99. The Hall–Kier alpha value is -4.99. The fourth-order valence-corrected chi connectivity index (χ4v) is 5.05. The van der Waals surface area contributed by atoms with Crippen LogP contribution in [0.5, 0.6) is 0 Å². The molecule has 0 unspecified atom stereocenters. The molecule has 1 saturated carbocycles. The van der Waals surface area contributed by atoms with Crippen LogP contribution < -0.4 is 5.32 Å². The minimum absolute atomic E-state index is 0.161. The zero-order valence-electron chi connectivity index (χ0n) is 21.5. The average Bonchev–Trinajstić information content (AvgIpc) is 3.64. The van der Waals surface area contributed by atoms with Gasteiger partial charge < -0.3 is 15.0 Å². The van der Waals surface area contributed by atoms with Gasteiger partial charge in [0, 0.05) is 36.1 Å². The summed E-state index contributed by atoms with van der Waals surface area (Å²) in [5.74, 6) is -0.911. The van der Waals surface area contributed by atoms with E-state index in [-0.39, 0.29) is 18.0 Å². The first-order valence-corrected chi connectivity index (χ1v) is 12.9. The molecule has 2 aromatic heterocycles. The van der Waals surface area contributed by atoms with E-state index in [1.807, 2.05) is 16.7 Å². The maximum Gasteiger partial charge on any atom is 0.416 e. The molecule has 0 atom stereocenters. The number of hydrogen-bond donors (Lipinski definition) is 2. The fourth-order valence-electron chi connectivity index (χ4n) is 5.05. The standard InChI is InChI=1S/C31H23F3N4O3/c32-31(33,34)24-6-2-19(3-7-24)18-38-15-10-21-16-22(27-35-13-1-14-36-27)17-25(26(21)38)28(39)37-30(11-12-30)23-8-4-20(5-9-23)29(40)41/h1-10,13-17H,11-12,18H2,(H,37,39)(H,40,41). The van der Waals surface area contributed by atoms with Crippen molar-refractivity contribution in [2.45, 2.75) is 31.1 Å². The summed E-state index contributed by atoms with van der Waals surface area (Å²) in [5, 5.41) is 13.1. The first kappa shape index (κ1) is 26.2. The molecule has 10 heteroatoms. The van der Waals surface area contributed by atoms with Crippen LogP contribution in [-0.2, 0) is 18.3 Å². The molecule has 7 nitrogen and oxygen atoms in total. The van der Waals surface area contributed by atoms with Gasteiger partial charge in [-0.15, -0.1) is 0 Å². The maximum absolute atomic E-state index is 13.9. The second-order valence-corrected chi connectivity index (χ2v) is 10.1. The first-order valence-electron chi connectivity index (χ1n) is 12.9. The van der Waals surface area contributed by atoms with Crippen LogP contribution in [0.25, 0.3) is 22.3 Å². The third-order valence-electron chi connectivity index (χ3n) is 7.35. The zero-order chi connectivity index (χ0) is 28.8. The van der Waals surface area contributed by atoms with Crippen LogP contribution in [0.3, 0.4) is 0 Å². The molecule has 1 amide bonds. The van der Waals surface area contributed by atoms with Crippen molar-refractivity contribution in [2.75, 3.05) is 0 Å². The molecule has 2 N–H and O–H groups in total. The number of aromatic nitrogens is 3. The van der Waals surface area contributed by atoms with Gasteiger partial charge in [0.25, 0.3) is 5.91 Å². The van der Waals surface area contributed by atoms with Gasteiger partial charge in [0.05, 0.1) is 27.7 Å². The minimum Gasteiger partial charge on any atom is -0.478 e. The highest BCUT2D eigenvalue weighted by molar-refractivity contribution is 6.08. The first-order chi connectivity index (χ1) is 19.6. The number of carboxylic acids is 1. The smallest absolute Gasteiger partial charge is 0.416 e. The van der Waals surface area contributed by atoms with E-state index in [2.05, 4.69) is 15.3 Å². The monoisotopic (exact) mass is 556 g/mol. The van der Waals surface area contributed by atoms with Crippen LogP contribution in [-0.4, -0.2) is 31.5 Å². The van der Waals surface area contributed by atoms with Gasteiger partial charge in [0.15, 0.2) is 5.82 Å². The lowest BCUT2D eigenvalue weighted by Crippen LogP contribution is -2.35. The number of fused-ring (bicyclic) bond motifs is 1. The maximum atomic E-state index is 13.9. The third-order valence-corrected chi connectivity index (χ3v) is 7.35. The third kappa shape index (κ3) is 5.16. The second-order valence-electron chi connectivity index (χ2n) is 10.1. The summed E-state index contributed by atoms with van der Waals surface area (Å²) < 4.78 is 41.0. The molecule has 0 aliphatic heterocycles. The van der Waals surface area contributed by atoms with Crippen LogP contribution in [0.1, 0.15) is 50.2 Å². The Morgan fingerprint density at radius 3 is 2.24 bits per heavy atom. The lowest BCUT2D eigenvalue weighted by molar-refractivity contribution is -0.137. The van der Waals surface area contributed by atoms with Crippen molar-refractivity contribution < 1.29 is 27.9 Å². The Labute approximate surface area is 232 Å². The summed E-state index contributed by atoms with van der Waals surface area (Å²) in [5.41, 5.74) is 1.92. The van der Waals surface area contributed by atoms with E-state index in [1.54, 1.807) is 42.9 Å². The van der Waals surface area contributed by atoms with Crippen molar-refractivity contribution in [1.82, 2.24) is 19.9 Å². The van der Waals surface area contributed by atoms with Gasteiger partial charge in [-0.05, 0) is 72.5 Å². The van der Waals surface area contributed by atoms with Gasteiger partial charge in [-0.1, -0.05) is 24.3 Å². The van der Waals surface area contributed by atoms with Crippen molar-refractivity contribution in [3.63, 3.8) is 0 Å². The van der Waals surface area contributed by atoms with Crippen molar-refractivity contribution in [3.8, 4) is 11.4 Å². The summed E-state index contributed by atoms with van der Waals surface area (Å²) in [4.78, 5) is 33.9. The van der Waals surface area contributed by atoms with E-state index in [0.29, 0.717) is 40.9 Å². The number of halogens is 3. The normalized spacial score (nSPS) is 14.1. The molecule has 1 aliphatic rings. The van der Waals surface area contributed by atoms with E-state index in [1.165, 1.54) is 24.3 Å². The number of carbonyl (C=O) groups is 2. The topological polar surface area (TPSA) is 97.1 Å². The summed E-state index contributed by atoms with van der Waals surface area (Å²) >= 11 is 0. The molecule has 0 saturated heterocycles. The fraction of sp³-hybridized carbons (Fsp3) is 0.161. The summed E-state index contributed by atoms with van der Waals surface area (Å²) in [6.45, 7) is 0.255. The van der Waals surface area contributed by atoms with E-state index >= 15 is 0 Å². The molecule has 0 radical (unpaired) electrons. The van der Waals surface area contributed by atoms with Gasteiger partial charge in [-0.2, -0.15) is 13.2 Å². The average molecular weight is 557 g/mol. The number of alkyl halides is 3. The van der Waals surface area contributed by atoms with Gasteiger partial charge >= 0.3 is 12.1 Å². The highest BCUT2D eigenvalue weighted by Gasteiger charge is 2.46. The quantitative estimate of drug-likeness (QED) is 0.246. The SMILES string of the molecule is O=C(O)c1ccc(C2(NC(=O)c3cc(-c4ncccn4)cc4ccn(Cc5ccc(C(F)(F)F)cc5)c34)CC2)cc1. The highest BCUT2D eigenvalue weighted by atomic mass is 19.4. The lowest BCUT2D eigenvalue weighted by Gasteiger charge is -2.20. The number of carbonyl (C=O) groups excluding carboxylic acids is 1. The largest absolute Gasteiger partial charge is 0.478 e. The van der Waals surface area contributed by atoms with Gasteiger partial charge in [-0.3, -0.25) is 4.79 Å². The number of aromatic carboxylic acids is 1. The Kier molecular flexibility index (Phi) is 6.33. The minimum atomic E-state index is -4.42. The number of benzene rings is 3. The Morgan fingerprint density at radius 1 is 0.951 bits per heavy atom. The van der Waals surface area contributed by atoms with Crippen LogP contribution in [0.2, 0.25) is 0 Å². The molecule has 2 heterocycles. The summed E-state index contributed by atoms with van der Waals surface area (Å²) in [6, 6.07) is 18.6. The molecule has 5 aromatic rings. The molecule has 0 bridgehead atoms. The van der Waals surface area contributed by atoms with E-state index < -0.39 is 23.2 Å². The Balaban J connectivity index is 1.38. The number of nitrogens with one attached hydrogen (secondary N) is 1. The highest BCUT2D eigenvalue weighted by Crippen LogP contribution is 2.46. The van der Waals surface area contributed by atoms with Crippen molar-refractivity contribution in [1.29, 1.82) is 0 Å². The molecule has 3 aromatic carbocycles. The predicted molar refractivity (Wildman–Crippen MR) is 145 cm³/mol. The van der Waals surface area contributed by atoms with Gasteiger partial charge in [-0.25, -0.2) is 14.8 Å². The number of rotatable bonds is 7. The lowest BCUT2D eigenvalue weighted by atomic mass is 10.0. The van der Waals surface area contributed by atoms with Crippen molar-refractivity contribution in [2.24, 2.45) is 0 Å². The van der Waals surface area contributed by atoms with Gasteiger partial charge in [0.2, 0.25) is 0 Å². The number of nitrogens with zero attached hydrogens (tertiary/aromatic N) is 3. The van der Waals surface area contributed by atoms with Crippen LogP contribution in [0, 0.1) is 0 Å². The number of carboxylic acid groups (broad SMARTS) is 1. The molecule has 41 heavy (non-hydrogen) atoms. The molecule has 6 rings (SSSR count). The number of amides is 1. The predicted octanol–water partition coefficient (Wildman–Crippen LogP) is 6.28. The second kappa shape index (κ2) is 9.88. The molecule has 1 fully saturated rings. The van der Waals surface area contributed by atoms with E-state index in [4.69, 9.17) is 0 Å². The molecule has 0 spiro atoms. The van der Waals surface area contributed by atoms with Crippen LogP contribution in [0.15, 0.2) is 91.4 Å². The Morgan fingerprint density at radius 2 is 1.63 bits per heavy atom. The van der Waals surface area contributed by atoms with E-state index in [9.17, 15) is 27.9 Å². The molecular weight excluding hydrogens is 533 g/mol. The van der Waals surface area contributed by atoms with Crippen molar-refractivity contribution in [3.05, 3.63) is 119 Å². The van der Waals surface area contributed by atoms with Gasteiger partial charge in [0.1, 0.15) is 0 Å². The number of hydrogen-bond acceptors (Lipinski definition) is 4.